The van der Waals surface area contributed by atoms with E-state index >= 15 is 0 Å². The summed E-state index contributed by atoms with van der Waals surface area (Å²) in [6.07, 6.45) is 16.2. The second kappa shape index (κ2) is 12.5. The van der Waals surface area contributed by atoms with Gasteiger partial charge in [-0.25, -0.2) is 0 Å². The van der Waals surface area contributed by atoms with Gasteiger partial charge in [0, 0.05) is 6.42 Å². The molecule has 0 saturated heterocycles. The van der Waals surface area contributed by atoms with Crippen LogP contribution in [0.2, 0.25) is 0 Å². The number of quaternary nitrogens is 1. The van der Waals surface area contributed by atoms with E-state index in [1.165, 1.54) is 77.2 Å². The second-order valence-corrected chi connectivity index (χ2v) is 7.54. The van der Waals surface area contributed by atoms with Gasteiger partial charge in [-0.1, -0.05) is 65.2 Å². The highest BCUT2D eigenvalue weighted by molar-refractivity contribution is 4.53. The van der Waals surface area contributed by atoms with Crippen LogP contribution in [0.15, 0.2) is 0 Å². The van der Waals surface area contributed by atoms with Crippen LogP contribution in [0.4, 0.5) is 0 Å². The minimum Gasteiger partial charge on any atom is -0.314 e. The van der Waals surface area contributed by atoms with Crippen molar-refractivity contribution in [1.82, 2.24) is 4.90 Å². The van der Waals surface area contributed by atoms with Crippen molar-refractivity contribution in [3.63, 3.8) is 0 Å². The highest BCUT2D eigenvalue weighted by atomic mass is 15.4. The highest BCUT2D eigenvalue weighted by Crippen LogP contribution is 2.16. The van der Waals surface area contributed by atoms with E-state index in [1.54, 1.807) is 0 Å². The summed E-state index contributed by atoms with van der Waals surface area (Å²) in [5, 5.41) is 0. The fourth-order valence-electron chi connectivity index (χ4n) is 3.64. The quantitative estimate of drug-likeness (QED) is 0.239. The van der Waals surface area contributed by atoms with E-state index in [4.69, 9.17) is 0 Å². The molecule has 0 aromatic carbocycles. The molecule has 0 N–H and O–H groups in total. The maximum Gasteiger partial charge on any atom is 0.144 e. The molecule has 1 atom stereocenters. The van der Waals surface area contributed by atoms with E-state index < -0.39 is 0 Å². The van der Waals surface area contributed by atoms with Crippen molar-refractivity contribution in [2.45, 2.75) is 90.6 Å². The standard InChI is InChI=1S/C19H43N2/c1-7-9-10-11-12-13-14-15-16-17-18-21(5,6)19(8-2)20(3)4/h19H,7-18H2,1-6H3/q+1. The van der Waals surface area contributed by atoms with Crippen LogP contribution >= 0.6 is 0 Å². The third kappa shape index (κ3) is 10.3. The predicted octanol–water partition coefficient (Wildman–Crippen LogP) is 5.28. The lowest BCUT2D eigenvalue weighted by atomic mass is 10.1. The molecule has 0 heterocycles. The topological polar surface area (TPSA) is 3.24 Å². The number of rotatable bonds is 14. The number of hydrogen-bond donors (Lipinski definition) is 0. The molecule has 2 heteroatoms. The molecular formula is C19H43N2+. The second-order valence-electron chi connectivity index (χ2n) is 7.54. The SMILES string of the molecule is CCCCCCCCCCCC[N+](C)(C)C(CC)N(C)C. The average molecular weight is 300 g/mol. The summed E-state index contributed by atoms with van der Waals surface area (Å²) in [6.45, 7) is 5.91. The summed E-state index contributed by atoms with van der Waals surface area (Å²) in [5.74, 6) is 0. The van der Waals surface area contributed by atoms with E-state index in [1.807, 2.05) is 0 Å². The molecule has 0 aliphatic heterocycles. The van der Waals surface area contributed by atoms with Gasteiger partial charge in [-0.2, -0.15) is 0 Å². The molecule has 21 heavy (non-hydrogen) atoms. The Morgan fingerprint density at radius 3 is 1.52 bits per heavy atom. The van der Waals surface area contributed by atoms with Crippen LogP contribution in [-0.2, 0) is 0 Å². The first-order chi connectivity index (χ1) is 9.95. The van der Waals surface area contributed by atoms with Gasteiger partial charge < -0.3 is 4.48 Å². The zero-order valence-electron chi connectivity index (χ0n) is 16.0. The van der Waals surface area contributed by atoms with E-state index in [0.29, 0.717) is 6.17 Å². The normalized spacial score (nSPS) is 13.9. The van der Waals surface area contributed by atoms with E-state index in [-0.39, 0.29) is 0 Å². The van der Waals surface area contributed by atoms with E-state index in [0.717, 1.165) is 4.48 Å². The summed E-state index contributed by atoms with van der Waals surface area (Å²) in [5.41, 5.74) is 0. The van der Waals surface area contributed by atoms with Crippen LogP contribution < -0.4 is 0 Å². The van der Waals surface area contributed by atoms with Gasteiger partial charge in [-0.3, -0.25) is 4.90 Å². The summed E-state index contributed by atoms with van der Waals surface area (Å²) in [7, 11) is 9.21. The van der Waals surface area contributed by atoms with Crippen molar-refractivity contribution >= 4 is 0 Å². The molecule has 0 spiro atoms. The van der Waals surface area contributed by atoms with Crippen LogP contribution in [0.5, 0.6) is 0 Å². The Hall–Kier alpha value is -0.0800. The Balaban J connectivity index is 3.57. The van der Waals surface area contributed by atoms with Gasteiger partial charge in [0.25, 0.3) is 0 Å². The molecule has 0 fully saturated rings. The van der Waals surface area contributed by atoms with Gasteiger partial charge in [0.05, 0.1) is 20.6 Å². The number of unbranched alkanes of at least 4 members (excludes halogenated alkanes) is 9. The first-order valence-corrected chi connectivity index (χ1v) is 9.44. The van der Waals surface area contributed by atoms with Crippen LogP contribution in [0, 0.1) is 0 Å². The molecule has 0 amide bonds. The molecule has 128 valence electrons. The predicted molar refractivity (Wildman–Crippen MR) is 96.6 cm³/mol. The fourth-order valence-corrected chi connectivity index (χ4v) is 3.64. The minimum absolute atomic E-state index is 0.656. The minimum atomic E-state index is 0.656. The van der Waals surface area contributed by atoms with Crippen LogP contribution in [0.3, 0.4) is 0 Å². The highest BCUT2D eigenvalue weighted by Gasteiger charge is 2.27. The number of nitrogens with zero attached hydrogens (tertiary/aromatic N) is 2. The summed E-state index contributed by atoms with van der Waals surface area (Å²) in [4.78, 5) is 2.39. The van der Waals surface area contributed by atoms with E-state index in [2.05, 4.69) is 46.9 Å². The third-order valence-corrected chi connectivity index (χ3v) is 4.86. The van der Waals surface area contributed by atoms with Crippen LogP contribution in [0.1, 0.15) is 84.5 Å². The van der Waals surface area contributed by atoms with Crippen molar-refractivity contribution < 1.29 is 4.48 Å². The first-order valence-electron chi connectivity index (χ1n) is 9.44. The van der Waals surface area contributed by atoms with Gasteiger partial charge in [0.2, 0.25) is 0 Å². The molecule has 2 nitrogen and oxygen atoms in total. The van der Waals surface area contributed by atoms with Crippen molar-refractivity contribution in [3.05, 3.63) is 0 Å². The first kappa shape index (κ1) is 20.9. The van der Waals surface area contributed by atoms with Gasteiger partial charge >= 0.3 is 0 Å². The zero-order valence-corrected chi connectivity index (χ0v) is 16.0. The molecule has 1 unspecified atom stereocenters. The molecule has 0 aliphatic rings. The fraction of sp³-hybridized carbons (Fsp3) is 1.00. The van der Waals surface area contributed by atoms with Crippen molar-refractivity contribution in [1.29, 1.82) is 0 Å². The molecule has 0 rings (SSSR count). The lowest BCUT2D eigenvalue weighted by Crippen LogP contribution is -2.55. The van der Waals surface area contributed by atoms with Gasteiger partial charge in [-0.15, -0.1) is 0 Å². The monoisotopic (exact) mass is 299 g/mol. The Bertz CT molecular complexity index is 224. The smallest absolute Gasteiger partial charge is 0.144 e. The van der Waals surface area contributed by atoms with Crippen molar-refractivity contribution in [3.8, 4) is 0 Å². The number of hydrogen-bond acceptors (Lipinski definition) is 1. The Kier molecular flexibility index (Phi) is 12.4. The van der Waals surface area contributed by atoms with Gasteiger partial charge in [-0.05, 0) is 26.9 Å². The molecule has 0 bridgehead atoms. The molecule has 0 aromatic rings. The average Bonchev–Trinajstić information content (AvgIpc) is 2.40. The van der Waals surface area contributed by atoms with Crippen LogP contribution in [0.25, 0.3) is 0 Å². The molecule has 0 radical (unpaired) electrons. The molecular weight excluding hydrogens is 256 g/mol. The Morgan fingerprint density at radius 1 is 0.714 bits per heavy atom. The largest absolute Gasteiger partial charge is 0.314 e. The lowest BCUT2D eigenvalue weighted by molar-refractivity contribution is -0.926. The maximum absolute atomic E-state index is 2.39. The van der Waals surface area contributed by atoms with Crippen LogP contribution in [-0.4, -0.2) is 50.3 Å². The summed E-state index contributed by atoms with van der Waals surface area (Å²) < 4.78 is 1.14. The van der Waals surface area contributed by atoms with E-state index in [9.17, 15) is 0 Å². The Morgan fingerprint density at radius 2 is 1.14 bits per heavy atom. The van der Waals surface area contributed by atoms with Crippen molar-refractivity contribution in [2.75, 3.05) is 34.7 Å². The summed E-state index contributed by atoms with van der Waals surface area (Å²) >= 11 is 0. The third-order valence-electron chi connectivity index (χ3n) is 4.86. The zero-order chi connectivity index (χ0) is 16.1. The molecule has 0 aliphatic carbocycles. The molecule has 0 saturated carbocycles. The lowest BCUT2D eigenvalue weighted by Gasteiger charge is -2.41. The molecule has 0 aromatic heterocycles. The van der Waals surface area contributed by atoms with Crippen molar-refractivity contribution in [2.24, 2.45) is 0 Å². The maximum atomic E-state index is 2.39. The van der Waals surface area contributed by atoms with Gasteiger partial charge in [0.1, 0.15) is 6.17 Å². The summed E-state index contributed by atoms with van der Waals surface area (Å²) in [6, 6.07) is 0. The Labute approximate surface area is 135 Å². The van der Waals surface area contributed by atoms with Gasteiger partial charge in [0.15, 0.2) is 0 Å².